The molecule has 0 rings (SSSR count). The van der Waals surface area contributed by atoms with Crippen LogP contribution in [0.2, 0.25) is 0 Å². The van der Waals surface area contributed by atoms with Crippen molar-refractivity contribution in [1.82, 2.24) is 10.6 Å². The highest BCUT2D eigenvalue weighted by molar-refractivity contribution is 7.98. The molecule has 0 radical (unpaired) electrons. The quantitative estimate of drug-likeness (QED) is 0.587. The summed E-state index contributed by atoms with van der Waals surface area (Å²) in [7, 11) is 0. The molecule has 0 saturated carbocycles. The maximum atomic E-state index is 11.3. The molecule has 0 aliphatic carbocycles. The Morgan fingerprint density at radius 1 is 1.50 bits per heavy atom. The van der Waals surface area contributed by atoms with Crippen LogP contribution in [0.1, 0.15) is 13.3 Å². The Kier molecular flexibility index (Phi) is 7.45. The molecule has 92 valence electrons. The minimum absolute atomic E-state index is 0.348. The van der Waals surface area contributed by atoms with Crippen LogP contribution in [0.25, 0.3) is 0 Å². The van der Waals surface area contributed by atoms with Gasteiger partial charge < -0.3 is 15.7 Å². The molecule has 3 N–H and O–H groups in total. The fourth-order valence-corrected chi connectivity index (χ4v) is 1.40. The van der Waals surface area contributed by atoms with Crippen molar-refractivity contribution >= 4 is 23.8 Å². The summed E-state index contributed by atoms with van der Waals surface area (Å²) < 4.78 is 0. The van der Waals surface area contributed by atoms with Gasteiger partial charge in [0.25, 0.3) is 0 Å². The number of hydrogen-bond donors (Lipinski definition) is 3. The third-order valence-corrected chi connectivity index (χ3v) is 2.41. The van der Waals surface area contributed by atoms with E-state index in [4.69, 9.17) is 5.11 Å². The van der Waals surface area contributed by atoms with Crippen LogP contribution in [-0.2, 0) is 4.79 Å². The van der Waals surface area contributed by atoms with E-state index in [0.29, 0.717) is 18.7 Å². The molecule has 0 aromatic rings. The van der Waals surface area contributed by atoms with Crippen LogP contribution in [0, 0.1) is 0 Å². The fourth-order valence-electron chi connectivity index (χ4n) is 0.934. The monoisotopic (exact) mass is 246 g/mol. The zero-order chi connectivity index (χ0) is 12.6. The van der Waals surface area contributed by atoms with Crippen LogP contribution in [0.3, 0.4) is 0 Å². The molecular formula is C10H18N2O3S. The lowest BCUT2D eigenvalue weighted by molar-refractivity contribution is -0.139. The fraction of sp³-hybridized carbons (Fsp3) is 0.600. The second-order valence-electron chi connectivity index (χ2n) is 3.46. The molecule has 1 atom stereocenters. The number of thioether (sulfide) groups is 1. The molecule has 0 aliphatic rings. The van der Waals surface area contributed by atoms with Crippen molar-refractivity contribution < 1.29 is 14.7 Å². The number of aliphatic carboxylic acids is 1. The molecule has 0 spiro atoms. The maximum Gasteiger partial charge on any atom is 0.326 e. The molecule has 5 nitrogen and oxygen atoms in total. The number of amides is 2. The summed E-state index contributed by atoms with van der Waals surface area (Å²) in [6.45, 7) is 5.76. The van der Waals surface area contributed by atoms with Gasteiger partial charge in [-0.05, 0) is 25.4 Å². The Bertz CT molecular complexity index is 269. The van der Waals surface area contributed by atoms with E-state index in [0.717, 1.165) is 5.57 Å². The van der Waals surface area contributed by atoms with Gasteiger partial charge in [-0.1, -0.05) is 12.2 Å². The van der Waals surface area contributed by atoms with Crippen molar-refractivity contribution in [3.63, 3.8) is 0 Å². The van der Waals surface area contributed by atoms with Crippen LogP contribution >= 0.6 is 11.8 Å². The molecule has 0 unspecified atom stereocenters. The van der Waals surface area contributed by atoms with E-state index in [1.807, 2.05) is 6.26 Å². The first kappa shape index (κ1) is 14.8. The summed E-state index contributed by atoms with van der Waals surface area (Å²) in [6, 6.07) is -1.31. The Labute approximate surface area is 99.7 Å². The molecule has 0 fully saturated rings. The summed E-state index contributed by atoms with van der Waals surface area (Å²) in [6.07, 6.45) is 2.30. The highest BCUT2D eigenvalue weighted by Gasteiger charge is 2.18. The van der Waals surface area contributed by atoms with E-state index >= 15 is 0 Å². The lowest BCUT2D eigenvalue weighted by atomic mass is 10.2. The van der Waals surface area contributed by atoms with Gasteiger partial charge in [0.1, 0.15) is 6.04 Å². The van der Waals surface area contributed by atoms with Crippen LogP contribution < -0.4 is 10.6 Å². The molecule has 0 aliphatic heterocycles. The van der Waals surface area contributed by atoms with Gasteiger partial charge in [0.2, 0.25) is 0 Å². The van der Waals surface area contributed by atoms with E-state index < -0.39 is 18.0 Å². The molecule has 2 amide bonds. The number of nitrogens with one attached hydrogen (secondary N) is 2. The van der Waals surface area contributed by atoms with Gasteiger partial charge in [-0.15, -0.1) is 0 Å². The van der Waals surface area contributed by atoms with E-state index in [-0.39, 0.29) is 0 Å². The Morgan fingerprint density at radius 2 is 2.12 bits per heavy atom. The lowest BCUT2D eigenvalue weighted by Crippen LogP contribution is -2.46. The second-order valence-corrected chi connectivity index (χ2v) is 4.44. The van der Waals surface area contributed by atoms with Gasteiger partial charge in [-0.25, -0.2) is 9.59 Å². The summed E-state index contributed by atoms with van der Waals surface area (Å²) in [5.41, 5.74) is 0.811. The van der Waals surface area contributed by atoms with Crippen LogP contribution in [0.4, 0.5) is 4.79 Å². The SMILES string of the molecule is C=C(C)CNC(=O)N[C@@H](CCSC)C(=O)O. The Balaban J connectivity index is 4.02. The maximum absolute atomic E-state index is 11.3. The van der Waals surface area contributed by atoms with Crippen LogP contribution in [0.15, 0.2) is 12.2 Å². The van der Waals surface area contributed by atoms with Gasteiger partial charge in [-0.2, -0.15) is 11.8 Å². The van der Waals surface area contributed by atoms with Crippen molar-refractivity contribution in [1.29, 1.82) is 0 Å². The van der Waals surface area contributed by atoms with Crippen molar-refractivity contribution in [2.75, 3.05) is 18.6 Å². The average molecular weight is 246 g/mol. The largest absolute Gasteiger partial charge is 0.480 e. The first-order chi connectivity index (χ1) is 7.47. The predicted molar refractivity (Wildman–Crippen MR) is 65.8 cm³/mol. The highest BCUT2D eigenvalue weighted by Crippen LogP contribution is 2.00. The summed E-state index contributed by atoms with van der Waals surface area (Å²) in [5, 5.41) is 13.8. The normalized spacial score (nSPS) is 11.6. The van der Waals surface area contributed by atoms with Gasteiger partial charge in [0.15, 0.2) is 0 Å². The minimum Gasteiger partial charge on any atom is -0.480 e. The first-order valence-electron chi connectivity index (χ1n) is 4.88. The van der Waals surface area contributed by atoms with Gasteiger partial charge in [0.05, 0.1) is 0 Å². The van der Waals surface area contributed by atoms with Gasteiger partial charge >= 0.3 is 12.0 Å². The number of hydrogen-bond acceptors (Lipinski definition) is 3. The van der Waals surface area contributed by atoms with Crippen LogP contribution in [0.5, 0.6) is 0 Å². The van der Waals surface area contributed by atoms with Crippen molar-refractivity contribution in [3.8, 4) is 0 Å². The van der Waals surface area contributed by atoms with E-state index in [2.05, 4.69) is 17.2 Å². The molecule has 16 heavy (non-hydrogen) atoms. The van der Waals surface area contributed by atoms with Gasteiger partial charge in [-0.3, -0.25) is 0 Å². The van der Waals surface area contributed by atoms with Gasteiger partial charge in [0, 0.05) is 6.54 Å². The first-order valence-corrected chi connectivity index (χ1v) is 6.27. The Hall–Kier alpha value is -1.17. The topological polar surface area (TPSA) is 78.4 Å². The van der Waals surface area contributed by atoms with E-state index in [1.54, 1.807) is 18.7 Å². The zero-order valence-electron chi connectivity index (χ0n) is 9.58. The lowest BCUT2D eigenvalue weighted by Gasteiger charge is -2.14. The molecule has 0 saturated heterocycles. The third-order valence-electron chi connectivity index (χ3n) is 1.76. The number of carbonyl (C=O) groups is 2. The Morgan fingerprint density at radius 3 is 2.56 bits per heavy atom. The second kappa shape index (κ2) is 8.04. The molecule has 0 bridgehead atoms. The molecule has 0 aromatic carbocycles. The summed E-state index contributed by atoms with van der Waals surface area (Å²) >= 11 is 1.54. The molecule has 6 heteroatoms. The van der Waals surface area contributed by atoms with E-state index in [9.17, 15) is 9.59 Å². The van der Waals surface area contributed by atoms with Crippen molar-refractivity contribution in [2.45, 2.75) is 19.4 Å². The number of urea groups is 1. The molecule has 0 aromatic heterocycles. The molecule has 0 heterocycles. The average Bonchev–Trinajstić information content (AvgIpc) is 2.20. The number of carbonyl (C=O) groups excluding carboxylic acids is 1. The van der Waals surface area contributed by atoms with Crippen molar-refractivity contribution in [2.24, 2.45) is 0 Å². The van der Waals surface area contributed by atoms with E-state index in [1.165, 1.54) is 0 Å². The number of rotatable bonds is 7. The minimum atomic E-state index is -1.01. The predicted octanol–water partition coefficient (Wildman–Crippen LogP) is 1.07. The zero-order valence-corrected chi connectivity index (χ0v) is 10.4. The van der Waals surface area contributed by atoms with Crippen LogP contribution in [-0.4, -0.2) is 41.7 Å². The standard InChI is InChI=1S/C10H18N2O3S/c1-7(2)6-11-10(15)12-8(9(13)14)4-5-16-3/h8H,1,4-6H2,2-3H3,(H,13,14)(H2,11,12,15)/t8-/m0/s1. The third kappa shape index (κ3) is 7.17. The number of carboxylic acids is 1. The molecular weight excluding hydrogens is 228 g/mol. The van der Waals surface area contributed by atoms with Crippen molar-refractivity contribution in [3.05, 3.63) is 12.2 Å². The highest BCUT2D eigenvalue weighted by atomic mass is 32.2. The smallest absolute Gasteiger partial charge is 0.326 e. The summed E-state index contributed by atoms with van der Waals surface area (Å²) in [4.78, 5) is 22.1. The summed E-state index contributed by atoms with van der Waals surface area (Å²) in [5.74, 6) is -0.322. The number of carboxylic acid groups (broad SMARTS) is 1.